The number of para-hydroxylation sites is 1. The van der Waals surface area contributed by atoms with Crippen LogP contribution in [-0.2, 0) is 16.7 Å². The summed E-state index contributed by atoms with van der Waals surface area (Å²) >= 11 is 0. The fourth-order valence-electron chi connectivity index (χ4n) is 2.72. The van der Waals surface area contributed by atoms with Gasteiger partial charge in [-0.3, -0.25) is 4.79 Å². The summed E-state index contributed by atoms with van der Waals surface area (Å²) in [5, 5.41) is 0. The molecule has 0 spiro atoms. The molecule has 7 heteroatoms. The molecule has 138 valence electrons. The van der Waals surface area contributed by atoms with E-state index in [1.807, 2.05) is 0 Å². The number of carbonyl (C=O) groups is 1. The van der Waals surface area contributed by atoms with Crippen LogP contribution >= 0.6 is 0 Å². The average Bonchev–Trinajstić information content (AvgIpc) is 3.38. The molecule has 1 amide bonds. The molecule has 0 atom stereocenters. The van der Waals surface area contributed by atoms with Gasteiger partial charge in [-0.1, -0.05) is 24.3 Å². The van der Waals surface area contributed by atoms with Crippen LogP contribution in [-0.4, -0.2) is 32.0 Å². The summed E-state index contributed by atoms with van der Waals surface area (Å²) in [4.78, 5) is 14.5. The maximum atomic E-state index is 13.5. The van der Waals surface area contributed by atoms with E-state index in [4.69, 9.17) is 4.18 Å². The van der Waals surface area contributed by atoms with Gasteiger partial charge in [0.05, 0.1) is 6.26 Å². The van der Waals surface area contributed by atoms with Crippen molar-refractivity contribution in [2.45, 2.75) is 19.4 Å². The molecular formula is C19H20FNO4S. The van der Waals surface area contributed by atoms with E-state index in [1.165, 1.54) is 18.2 Å². The molecule has 0 N–H and O–H groups in total. The van der Waals surface area contributed by atoms with Crippen molar-refractivity contribution >= 4 is 16.0 Å². The fourth-order valence-corrected chi connectivity index (χ4v) is 3.21. The highest BCUT2D eigenvalue weighted by atomic mass is 32.2. The predicted octanol–water partition coefficient (Wildman–Crippen LogP) is 3.22. The predicted molar refractivity (Wildman–Crippen MR) is 95.8 cm³/mol. The second-order valence-corrected chi connectivity index (χ2v) is 8.11. The van der Waals surface area contributed by atoms with Crippen molar-refractivity contribution in [2.75, 3.05) is 12.8 Å². The smallest absolute Gasteiger partial charge is 0.306 e. The normalized spacial score (nSPS) is 14.1. The zero-order valence-electron chi connectivity index (χ0n) is 14.4. The van der Waals surface area contributed by atoms with Gasteiger partial charge in [0.25, 0.3) is 5.91 Å². The Hall–Kier alpha value is -2.41. The Morgan fingerprint density at radius 1 is 1.19 bits per heavy atom. The molecule has 1 fully saturated rings. The third-order valence-electron chi connectivity index (χ3n) is 4.11. The Balaban J connectivity index is 1.86. The van der Waals surface area contributed by atoms with Crippen molar-refractivity contribution in [3.63, 3.8) is 0 Å². The maximum Gasteiger partial charge on any atom is 0.306 e. The third kappa shape index (κ3) is 5.05. The molecule has 0 radical (unpaired) electrons. The molecule has 5 nitrogen and oxygen atoms in total. The Morgan fingerprint density at radius 3 is 2.58 bits per heavy atom. The first kappa shape index (κ1) is 18.4. The molecule has 2 aromatic rings. The Morgan fingerprint density at radius 2 is 1.92 bits per heavy atom. The molecule has 1 aliphatic rings. The standard InChI is InChI=1S/C19H20FNO4S/c1-26(23,24)25-18-8-3-2-5-16(18)13-21(12-14-9-10-14)19(22)15-6-4-7-17(20)11-15/h2-8,11,14H,9-10,12-13H2,1H3. The van der Waals surface area contributed by atoms with Crippen molar-refractivity contribution in [3.05, 3.63) is 65.5 Å². The van der Waals surface area contributed by atoms with E-state index in [-0.39, 0.29) is 23.8 Å². The highest BCUT2D eigenvalue weighted by Crippen LogP contribution is 2.31. The van der Waals surface area contributed by atoms with Crippen molar-refractivity contribution < 1.29 is 21.8 Å². The molecule has 0 unspecified atom stereocenters. The van der Waals surface area contributed by atoms with E-state index in [1.54, 1.807) is 35.2 Å². The summed E-state index contributed by atoms with van der Waals surface area (Å²) in [7, 11) is -3.68. The quantitative estimate of drug-likeness (QED) is 0.695. The molecule has 0 bridgehead atoms. The second-order valence-electron chi connectivity index (χ2n) is 6.53. The molecule has 0 aromatic heterocycles. The van der Waals surface area contributed by atoms with Gasteiger partial charge in [0, 0.05) is 24.2 Å². The van der Waals surface area contributed by atoms with Gasteiger partial charge in [-0.05, 0) is 43.0 Å². The number of hydrogen-bond acceptors (Lipinski definition) is 4. The number of rotatable bonds is 7. The first-order valence-corrected chi connectivity index (χ1v) is 10.2. The number of hydrogen-bond donors (Lipinski definition) is 0. The zero-order chi connectivity index (χ0) is 18.7. The number of nitrogens with zero attached hydrogens (tertiary/aromatic N) is 1. The van der Waals surface area contributed by atoms with Gasteiger partial charge in [-0.2, -0.15) is 8.42 Å². The summed E-state index contributed by atoms with van der Waals surface area (Å²) in [5.41, 5.74) is 0.857. The first-order valence-electron chi connectivity index (χ1n) is 8.34. The minimum atomic E-state index is -3.68. The molecule has 0 heterocycles. The van der Waals surface area contributed by atoms with Crippen molar-refractivity contribution in [3.8, 4) is 5.75 Å². The molecular weight excluding hydrogens is 357 g/mol. The minimum Gasteiger partial charge on any atom is -0.382 e. The topological polar surface area (TPSA) is 63.7 Å². The lowest BCUT2D eigenvalue weighted by Crippen LogP contribution is -2.32. The maximum absolute atomic E-state index is 13.5. The average molecular weight is 377 g/mol. The molecule has 26 heavy (non-hydrogen) atoms. The number of amides is 1. The van der Waals surface area contributed by atoms with E-state index in [2.05, 4.69) is 0 Å². The van der Waals surface area contributed by atoms with Crippen molar-refractivity contribution in [1.29, 1.82) is 0 Å². The van der Waals surface area contributed by atoms with Crippen LogP contribution in [0, 0.1) is 11.7 Å². The van der Waals surface area contributed by atoms with Gasteiger partial charge in [0.2, 0.25) is 0 Å². The second kappa shape index (κ2) is 7.45. The van der Waals surface area contributed by atoms with Crippen molar-refractivity contribution in [1.82, 2.24) is 4.90 Å². The molecule has 0 aliphatic heterocycles. The van der Waals surface area contributed by atoms with Gasteiger partial charge in [-0.25, -0.2) is 4.39 Å². The minimum absolute atomic E-state index is 0.192. The van der Waals surface area contributed by atoms with Crippen LogP contribution in [0.3, 0.4) is 0 Å². The summed E-state index contributed by atoms with van der Waals surface area (Å²) in [5.74, 6) is -0.132. The molecule has 1 aliphatic carbocycles. The van der Waals surface area contributed by atoms with Gasteiger partial charge in [0.15, 0.2) is 0 Å². The van der Waals surface area contributed by atoms with Crippen LogP contribution in [0.4, 0.5) is 4.39 Å². The summed E-state index contributed by atoms with van der Waals surface area (Å²) < 4.78 is 41.5. The van der Waals surface area contributed by atoms with E-state index in [0.717, 1.165) is 19.1 Å². The lowest BCUT2D eigenvalue weighted by Gasteiger charge is -2.24. The largest absolute Gasteiger partial charge is 0.382 e. The molecule has 1 saturated carbocycles. The highest BCUT2D eigenvalue weighted by molar-refractivity contribution is 7.86. The van der Waals surface area contributed by atoms with Crippen molar-refractivity contribution in [2.24, 2.45) is 5.92 Å². The van der Waals surface area contributed by atoms with Crippen LogP contribution in [0.1, 0.15) is 28.8 Å². The molecule has 2 aromatic carbocycles. The van der Waals surface area contributed by atoms with Crippen LogP contribution in [0.25, 0.3) is 0 Å². The van der Waals surface area contributed by atoms with E-state index >= 15 is 0 Å². The highest BCUT2D eigenvalue weighted by Gasteiger charge is 2.28. The van der Waals surface area contributed by atoms with Crippen LogP contribution in [0.5, 0.6) is 5.75 Å². The van der Waals surface area contributed by atoms with Crippen LogP contribution in [0.2, 0.25) is 0 Å². The Labute approximate surface area is 152 Å². The zero-order valence-corrected chi connectivity index (χ0v) is 15.2. The lowest BCUT2D eigenvalue weighted by atomic mass is 10.1. The monoisotopic (exact) mass is 377 g/mol. The third-order valence-corrected chi connectivity index (χ3v) is 4.59. The SMILES string of the molecule is CS(=O)(=O)Oc1ccccc1CN(CC1CC1)C(=O)c1cccc(F)c1. The lowest BCUT2D eigenvalue weighted by molar-refractivity contribution is 0.0734. The molecule has 0 saturated heterocycles. The number of carbonyl (C=O) groups excluding carboxylic acids is 1. The van der Waals surface area contributed by atoms with E-state index in [0.29, 0.717) is 18.0 Å². The number of benzene rings is 2. The van der Waals surface area contributed by atoms with E-state index < -0.39 is 15.9 Å². The fraction of sp³-hybridized carbons (Fsp3) is 0.316. The van der Waals surface area contributed by atoms with Gasteiger partial charge >= 0.3 is 10.1 Å². The van der Waals surface area contributed by atoms with E-state index in [9.17, 15) is 17.6 Å². The van der Waals surface area contributed by atoms with Gasteiger partial charge in [0.1, 0.15) is 11.6 Å². The summed E-state index contributed by atoms with van der Waals surface area (Å²) in [6, 6.07) is 12.3. The summed E-state index contributed by atoms with van der Waals surface area (Å²) in [6.07, 6.45) is 3.08. The van der Waals surface area contributed by atoms with Crippen LogP contribution in [0.15, 0.2) is 48.5 Å². The summed E-state index contributed by atoms with van der Waals surface area (Å²) in [6.45, 7) is 0.736. The molecule has 3 rings (SSSR count). The Kier molecular flexibility index (Phi) is 5.27. The van der Waals surface area contributed by atoms with Gasteiger partial charge < -0.3 is 9.08 Å². The van der Waals surface area contributed by atoms with Gasteiger partial charge in [-0.15, -0.1) is 0 Å². The number of halogens is 1. The first-order chi connectivity index (χ1) is 12.3. The van der Waals surface area contributed by atoms with Crippen LogP contribution < -0.4 is 4.18 Å². The Bertz CT molecular complexity index is 909.